The number of ether oxygens (including phenoxy) is 3. The van der Waals surface area contributed by atoms with Crippen LogP contribution in [0.15, 0.2) is 60.8 Å². The zero-order valence-corrected chi connectivity index (χ0v) is 39.6. The minimum Gasteiger partial charge on any atom is -0.480 e. The van der Waals surface area contributed by atoms with Crippen LogP contribution < -0.4 is 15.7 Å². The largest absolute Gasteiger partial charge is 0.494 e. The van der Waals surface area contributed by atoms with Crippen molar-refractivity contribution in [2.75, 3.05) is 71.0 Å². The fourth-order valence-electron chi connectivity index (χ4n) is 9.15. The van der Waals surface area contributed by atoms with E-state index in [1.165, 1.54) is 0 Å². The number of carboxylic acids is 1. The second-order valence-corrected chi connectivity index (χ2v) is 19.7. The smallest absolute Gasteiger partial charge is 0.480 e. The summed E-state index contributed by atoms with van der Waals surface area (Å²) in [6.45, 7) is 25.1. The summed E-state index contributed by atoms with van der Waals surface area (Å²) in [4.78, 5) is 36.7. The molecule has 2 atom stereocenters. The quantitative estimate of drug-likeness (QED) is 0.119. The summed E-state index contributed by atoms with van der Waals surface area (Å²) in [5, 5.41) is 14.1. The van der Waals surface area contributed by atoms with Gasteiger partial charge in [0, 0.05) is 82.5 Å². The molecule has 7 rings (SSSR count). The van der Waals surface area contributed by atoms with Crippen LogP contribution in [0.3, 0.4) is 0 Å². The van der Waals surface area contributed by atoms with E-state index >= 15 is 0 Å². The van der Waals surface area contributed by atoms with E-state index in [2.05, 4.69) is 99.3 Å². The average Bonchev–Trinajstić information content (AvgIpc) is 3.68. The van der Waals surface area contributed by atoms with Crippen LogP contribution in [0.1, 0.15) is 85.2 Å². The predicted molar refractivity (Wildman–Crippen MR) is 251 cm³/mol. The van der Waals surface area contributed by atoms with E-state index in [1.807, 2.05) is 43.5 Å². The van der Waals surface area contributed by atoms with Gasteiger partial charge < -0.3 is 48.3 Å². The van der Waals surface area contributed by atoms with Crippen molar-refractivity contribution >= 4 is 41.2 Å². The molecule has 2 aromatic carbocycles. The number of hydrogen-bond acceptors (Lipinski definition) is 11. The predicted octanol–water partition coefficient (Wildman–Crippen LogP) is 6.52. The molecule has 2 aromatic heterocycles. The maximum absolute atomic E-state index is 13.2. The molecule has 3 aliphatic rings. The molecule has 2 N–H and O–H groups in total. The second-order valence-electron chi connectivity index (χ2n) is 19.7. The topological polar surface area (TPSA) is 140 Å². The molecule has 0 aliphatic carbocycles. The molecule has 0 saturated carbocycles. The lowest BCUT2D eigenvalue weighted by Gasteiger charge is -2.37. The van der Waals surface area contributed by atoms with E-state index in [4.69, 9.17) is 28.5 Å². The van der Waals surface area contributed by atoms with Crippen LogP contribution in [0.4, 0.5) is 10.5 Å². The fourth-order valence-corrected chi connectivity index (χ4v) is 9.15. The Hall–Kier alpha value is -4.51. The van der Waals surface area contributed by atoms with Gasteiger partial charge in [-0.25, -0.2) is 4.79 Å². The number of anilines is 1. The minimum atomic E-state index is -0.830. The number of hydrogen-bond donors (Lipinski definition) is 2. The van der Waals surface area contributed by atoms with Gasteiger partial charge >= 0.3 is 19.2 Å². The number of benzene rings is 2. The Balaban J connectivity index is 1.31. The number of nitrogens with zero attached hydrogens (tertiary/aromatic N) is 5. The SMILES string of the molecule is CO[C@@H](C)c1ncc(N2CCN(C(=O)OCc3ccccc3)CC2)cc1-c1c(CC(C)(C)CN2CCN[C@H](C(=O)O)C2)c2cc(B3OC(C)(C)C(C)(C)O3)ccc2n1CCOC(C)C. The third-order valence-corrected chi connectivity index (χ3v) is 13.4. The second kappa shape index (κ2) is 19.5. The number of pyridine rings is 1. The standard InChI is InChI=1S/C49H69BN6O8/c1-33(2)61-25-24-56-42-17-16-36(50-63-48(6,7)49(8,9)64-50)26-38(42)40(28-47(4,5)32-53-19-18-51-41(30-53)45(57)58)44(56)39-27-37(29-52-43(39)34(3)60-10)54-20-22-55(23-21-54)46(59)62-31-35-14-12-11-13-15-35/h11-17,26-27,29,33-34,41,51H,18-25,28,30-32H2,1-10H3,(H,57,58)/t34-,41-/m0/s1. The van der Waals surface area contributed by atoms with Crippen molar-refractivity contribution in [1.29, 1.82) is 0 Å². The van der Waals surface area contributed by atoms with E-state index < -0.39 is 30.3 Å². The molecule has 4 aromatic rings. The van der Waals surface area contributed by atoms with Gasteiger partial charge in [-0.15, -0.1) is 0 Å². The molecule has 3 saturated heterocycles. The highest BCUT2D eigenvalue weighted by Crippen LogP contribution is 2.43. The fraction of sp³-hybridized carbons (Fsp3) is 0.571. The molecule has 64 heavy (non-hydrogen) atoms. The Labute approximate surface area is 379 Å². The van der Waals surface area contributed by atoms with Gasteiger partial charge in [0.1, 0.15) is 12.6 Å². The number of nitrogens with one attached hydrogen (secondary N) is 1. The van der Waals surface area contributed by atoms with E-state index in [9.17, 15) is 14.7 Å². The normalized spacial score (nSPS) is 19.7. The number of rotatable bonds is 16. The van der Waals surface area contributed by atoms with Crippen molar-refractivity contribution in [1.82, 2.24) is 24.7 Å². The summed E-state index contributed by atoms with van der Waals surface area (Å²) in [5.41, 5.74) is 6.59. The van der Waals surface area contributed by atoms with Gasteiger partial charge in [-0.05, 0) is 89.0 Å². The molecule has 3 fully saturated rings. The van der Waals surface area contributed by atoms with Gasteiger partial charge in [0.2, 0.25) is 0 Å². The van der Waals surface area contributed by atoms with Gasteiger partial charge in [0.15, 0.2) is 0 Å². The van der Waals surface area contributed by atoms with Crippen molar-refractivity contribution in [2.45, 2.75) is 111 Å². The molecule has 0 unspecified atom stereocenters. The van der Waals surface area contributed by atoms with Crippen molar-refractivity contribution < 1.29 is 38.2 Å². The number of carbonyl (C=O) groups excluding carboxylic acids is 1. The zero-order valence-electron chi connectivity index (χ0n) is 39.6. The molecular formula is C49H69BN6O8. The highest BCUT2D eigenvalue weighted by molar-refractivity contribution is 6.62. The van der Waals surface area contributed by atoms with E-state index in [1.54, 1.807) is 12.0 Å². The Morgan fingerprint density at radius 3 is 2.34 bits per heavy atom. The summed E-state index contributed by atoms with van der Waals surface area (Å²) in [6, 6.07) is 17.9. The van der Waals surface area contributed by atoms with Crippen LogP contribution in [0, 0.1) is 5.41 Å². The first-order chi connectivity index (χ1) is 30.4. The van der Waals surface area contributed by atoms with Crippen LogP contribution in [0.2, 0.25) is 0 Å². The molecule has 15 heteroatoms. The lowest BCUT2D eigenvalue weighted by Crippen LogP contribution is -2.55. The highest BCUT2D eigenvalue weighted by atomic mass is 16.7. The number of piperazine rings is 2. The van der Waals surface area contributed by atoms with Crippen LogP contribution in [-0.4, -0.2) is 133 Å². The van der Waals surface area contributed by atoms with E-state index in [0.717, 1.165) is 56.7 Å². The van der Waals surface area contributed by atoms with Gasteiger partial charge in [0.05, 0.1) is 53.3 Å². The number of aromatic nitrogens is 2. The maximum atomic E-state index is 13.2. The molecule has 14 nitrogen and oxygen atoms in total. The molecular weight excluding hydrogens is 811 g/mol. The molecule has 3 aliphatic heterocycles. The third kappa shape index (κ3) is 10.6. The first-order valence-electron chi connectivity index (χ1n) is 22.9. The number of methoxy groups -OCH3 is 1. The van der Waals surface area contributed by atoms with Crippen LogP contribution in [0.25, 0.3) is 22.2 Å². The number of carboxylic acid groups (broad SMARTS) is 1. The zero-order chi connectivity index (χ0) is 46.0. The summed E-state index contributed by atoms with van der Waals surface area (Å²) in [6.07, 6.45) is 2.02. The molecule has 5 heterocycles. The van der Waals surface area contributed by atoms with Crippen molar-refractivity contribution in [3.05, 3.63) is 77.6 Å². The van der Waals surface area contributed by atoms with Crippen molar-refractivity contribution in [2.24, 2.45) is 5.41 Å². The van der Waals surface area contributed by atoms with Crippen molar-refractivity contribution in [3.63, 3.8) is 0 Å². The summed E-state index contributed by atoms with van der Waals surface area (Å²) < 4.78 is 33.6. The first-order valence-corrected chi connectivity index (χ1v) is 22.9. The maximum Gasteiger partial charge on any atom is 0.494 e. The number of aliphatic carboxylic acids is 1. The van der Waals surface area contributed by atoms with Gasteiger partial charge in [-0.3, -0.25) is 14.7 Å². The van der Waals surface area contributed by atoms with Gasteiger partial charge in [-0.1, -0.05) is 56.3 Å². The molecule has 1 amide bonds. The molecule has 0 radical (unpaired) electrons. The summed E-state index contributed by atoms with van der Waals surface area (Å²) >= 11 is 0. The van der Waals surface area contributed by atoms with E-state index in [0.29, 0.717) is 65.4 Å². The lowest BCUT2D eigenvalue weighted by atomic mass is 9.77. The molecule has 0 spiro atoms. The summed E-state index contributed by atoms with van der Waals surface area (Å²) in [7, 11) is 1.16. The van der Waals surface area contributed by atoms with Crippen molar-refractivity contribution in [3.8, 4) is 11.3 Å². The van der Waals surface area contributed by atoms with Crippen LogP contribution in [0.5, 0.6) is 0 Å². The van der Waals surface area contributed by atoms with Gasteiger partial charge in [0.25, 0.3) is 0 Å². The average molecular weight is 881 g/mol. The Bertz CT molecular complexity index is 2240. The Kier molecular flexibility index (Phi) is 14.5. The minimum absolute atomic E-state index is 0.0515. The number of carbonyl (C=O) groups is 2. The number of amides is 1. The highest BCUT2D eigenvalue weighted by Gasteiger charge is 2.52. The molecule has 0 bridgehead atoms. The first kappa shape index (κ1) is 47.5. The lowest BCUT2D eigenvalue weighted by molar-refractivity contribution is -0.140. The monoisotopic (exact) mass is 881 g/mol. The summed E-state index contributed by atoms with van der Waals surface area (Å²) in [5.74, 6) is -0.830. The van der Waals surface area contributed by atoms with E-state index in [-0.39, 0.29) is 30.3 Å². The molecule has 346 valence electrons. The number of fused-ring (bicyclic) bond motifs is 1. The Morgan fingerprint density at radius 2 is 1.69 bits per heavy atom. The van der Waals surface area contributed by atoms with Crippen LogP contribution in [-0.2, 0) is 47.9 Å². The van der Waals surface area contributed by atoms with Crippen LogP contribution >= 0.6 is 0 Å². The van der Waals surface area contributed by atoms with Gasteiger partial charge in [-0.2, -0.15) is 0 Å². The third-order valence-electron chi connectivity index (χ3n) is 13.4. The Morgan fingerprint density at radius 1 is 0.984 bits per heavy atom.